The maximum Gasteiger partial charge on any atom is 0.314 e. The number of nitrogens with zero attached hydrogens (tertiary/aromatic N) is 1. The van der Waals surface area contributed by atoms with E-state index in [0.717, 1.165) is 17.0 Å². The van der Waals surface area contributed by atoms with Gasteiger partial charge in [-0.1, -0.05) is 12.1 Å². The molecule has 2 N–H and O–H groups in total. The van der Waals surface area contributed by atoms with Crippen LogP contribution in [0.15, 0.2) is 48.5 Å². The molecule has 8 nitrogen and oxygen atoms in total. The van der Waals surface area contributed by atoms with Crippen molar-refractivity contribution < 1.29 is 33.3 Å². The van der Waals surface area contributed by atoms with E-state index in [0.29, 0.717) is 48.8 Å². The summed E-state index contributed by atoms with van der Waals surface area (Å²) >= 11 is 0. The van der Waals surface area contributed by atoms with Gasteiger partial charge < -0.3 is 29.5 Å². The van der Waals surface area contributed by atoms with Gasteiger partial charge in [-0.2, -0.15) is 0 Å². The fraction of sp³-hybridized carbons (Fsp3) is 0.375. The van der Waals surface area contributed by atoms with E-state index in [-0.39, 0.29) is 24.6 Å². The van der Waals surface area contributed by atoms with Gasteiger partial charge in [0.05, 0.1) is 23.3 Å². The molecule has 2 aliphatic rings. The van der Waals surface area contributed by atoms with E-state index in [2.05, 4.69) is 16.3 Å². The number of hydrogen-bond acceptors (Lipinski definition) is 6. The number of likely N-dealkylation sites (N-methyl/N-ethyl adjacent to an activating group) is 1. The largest absolute Gasteiger partial charge is 0.489 e. The molecule has 0 aromatic heterocycles. The Bertz CT molecular complexity index is 1480. The number of amides is 1. The van der Waals surface area contributed by atoms with Crippen molar-refractivity contribution >= 4 is 23.3 Å². The molecule has 216 valence electrons. The van der Waals surface area contributed by atoms with Crippen molar-refractivity contribution in [3.05, 3.63) is 82.2 Å². The SMILES string of the molecule is Cc1ccc2c(c1)N(C)C[C@@H](COc1ccc(C(=O)Nc3cc(C4(C(=O)O)CCOCC4)ccc3F)c(C)c1C)O2. The van der Waals surface area contributed by atoms with Crippen LogP contribution in [-0.2, 0) is 14.9 Å². The van der Waals surface area contributed by atoms with Gasteiger partial charge in [-0.25, -0.2) is 4.39 Å². The molecular formula is C32H35FN2O6. The molecule has 0 radical (unpaired) electrons. The standard InChI is InChI=1S/C32H35FN2O6/c1-19-5-9-29-27(15-19)35(4)17-23(41-29)18-40-28-10-7-24(20(2)21(28)3)30(36)34-26-16-22(6-8-25(26)33)32(31(37)38)11-13-39-14-12-32/h5-10,15-16,23H,11-14,17-18H2,1-4H3,(H,34,36)(H,37,38)/t23-/m0/s1. The number of aliphatic carboxylic acids is 1. The van der Waals surface area contributed by atoms with E-state index >= 15 is 0 Å². The number of carbonyl (C=O) groups is 2. The Labute approximate surface area is 239 Å². The molecule has 3 aromatic carbocycles. The fourth-order valence-electron chi connectivity index (χ4n) is 5.57. The summed E-state index contributed by atoms with van der Waals surface area (Å²) < 4.78 is 32.4. The van der Waals surface area contributed by atoms with Crippen LogP contribution in [0.1, 0.15) is 45.5 Å². The molecule has 0 saturated carbocycles. The minimum Gasteiger partial charge on any atom is -0.489 e. The quantitative estimate of drug-likeness (QED) is 0.397. The third-order valence-electron chi connectivity index (χ3n) is 8.23. The molecule has 9 heteroatoms. The first-order chi connectivity index (χ1) is 19.6. The minimum absolute atomic E-state index is 0.0639. The van der Waals surface area contributed by atoms with E-state index in [1.807, 2.05) is 40.0 Å². The monoisotopic (exact) mass is 562 g/mol. The van der Waals surface area contributed by atoms with Crippen LogP contribution in [0.5, 0.6) is 11.5 Å². The van der Waals surface area contributed by atoms with E-state index in [1.54, 1.807) is 12.1 Å². The van der Waals surface area contributed by atoms with Gasteiger partial charge in [0.25, 0.3) is 5.91 Å². The van der Waals surface area contributed by atoms with E-state index in [9.17, 15) is 19.1 Å². The number of aryl methyl sites for hydroxylation is 1. The average molecular weight is 563 g/mol. The zero-order valence-corrected chi connectivity index (χ0v) is 23.8. The third kappa shape index (κ3) is 5.59. The van der Waals surface area contributed by atoms with Crippen LogP contribution in [0, 0.1) is 26.6 Å². The summed E-state index contributed by atoms with van der Waals surface area (Å²) in [6.45, 7) is 7.34. The van der Waals surface area contributed by atoms with Crippen molar-refractivity contribution in [1.82, 2.24) is 0 Å². The molecule has 41 heavy (non-hydrogen) atoms. The van der Waals surface area contributed by atoms with Crippen molar-refractivity contribution in [3.8, 4) is 11.5 Å². The summed E-state index contributed by atoms with van der Waals surface area (Å²) in [6, 6.07) is 13.6. The number of benzene rings is 3. The van der Waals surface area contributed by atoms with Gasteiger partial charge >= 0.3 is 5.97 Å². The molecule has 2 aliphatic heterocycles. The van der Waals surface area contributed by atoms with Gasteiger partial charge in [-0.05, 0) is 92.3 Å². The molecule has 2 heterocycles. The number of ether oxygens (including phenoxy) is 3. The molecular weight excluding hydrogens is 527 g/mol. The van der Waals surface area contributed by atoms with Gasteiger partial charge in [0.2, 0.25) is 0 Å². The molecule has 0 bridgehead atoms. The van der Waals surface area contributed by atoms with Gasteiger partial charge in [0.1, 0.15) is 30.0 Å². The second kappa shape index (κ2) is 11.4. The van der Waals surface area contributed by atoms with Crippen molar-refractivity contribution in [3.63, 3.8) is 0 Å². The number of anilines is 2. The number of carboxylic acid groups (broad SMARTS) is 1. The molecule has 1 saturated heterocycles. The number of rotatable bonds is 7. The molecule has 0 aliphatic carbocycles. The van der Waals surface area contributed by atoms with Crippen LogP contribution in [0.2, 0.25) is 0 Å². The predicted molar refractivity (Wildman–Crippen MR) is 154 cm³/mol. The maximum absolute atomic E-state index is 14.8. The molecule has 1 fully saturated rings. The minimum atomic E-state index is -1.19. The number of carbonyl (C=O) groups excluding carboxylic acids is 1. The third-order valence-corrected chi connectivity index (χ3v) is 8.23. The molecule has 3 aromatic rings. The first-order valence-corrected chi connectivity index (χ1v) is 13.7. The summed E-state index contributed by atoms with van der Waals surface area (Å²) in [7, 11) is 2.03. The number of halogens is 1. The lowest BCUT2D eigenvalue weighted by molar-refractivity contribution is -0.147. The van der Waals surface area contributed by atoms with Crippen LogP contribution < -0.4 is 19.7 Å². The zero-order chi connectivity index (χ0) is 29.3. The Morgan fingerprint density at radius 3 is 2.56 bits per heavy atom. The highest BCUT2D eigenvalue weighted by atomic mass is 19.1. The fourth-order valence-corrected chi connectivity index (χ4v) is 5.57. The zero-order valence-electron chi connectivity index (χ0n) is 23.8. The van der Waals surface area contributed by atoms with E-state index in [1.165, 1.54) is 23.8 Å². The summed E-state index contributed by atoms with van der Waals surface area (Å²) in [5.74, 6) is -0.667. The van der Waals surface area contributed by atoms with Gasteiger partial charge in [0.15, 0.2) is 0 Å². The highest BCUT2D eigenvalue weighted by Crippen LogP contribution is 2.37. The highest BCUT2D eigenvalue weighted by molar-refractivity contribution is 6.05. The van der Waals surface area contributed by atoms with E-state index < -0.39 is 23.1 Å². The first-order valence-electron chi connectivity index (χ1n) is 13.7. The maximum atomic E-state index is 14.8. The smallest absolute Gasteiger partial charge is 0.314 e. The normalized spacial score (nSPS) is 17.8. The van der Waals surface area contributed by atoms with Gasteiger partial charge in [0, 0.05) is 25.8 Å². The van der Waals surface area contributed by atoms with Crippen LogP contribution >= 0.6 is 0 Å². The van der Waals surface area contributed by atoms with Crippen molar-refractivity contribution in [1.29, 1.82) is 0 Å². The molecule has 1 atom stereocenters. The summed E-state index contributed by atoms with van der Waals surface area (Å²) in [4.78, 5) is 27.6. The lowest BCUT2D eigenvalue weighted by atomic mass is 9.74. The van der Waals surface area contributed by atoms with Gasteiger partial charge in [-0.15, -0.1) is 0 Å². The second-order valence-electron chi connectivity index (χ2n) is 10.9. The molecule has 0 spiro atoms. The Balaban J connectivity index is 1.29. The number of hydrogen-bond donors (Lipinski definition) is 2. The second-order valence-corrected chi connectivity index (χ2v) is 10.9. The first kappa shape index (κ1) is 28.4. The summed E-state index contributed by atoms with van der Waals surface area (Å²) in [5.41, 5.74) is 3.27. The Morgan fingerprint density at radius 1 is 1.07 bits per heavy atom. The van der Waals surface area contributed by atoms with Crippen LogP contribution in [0.25, 0.3) is 0 Å². The van der Waals surface area contributed by atoms with Crippen LogP contribution in [0.3, 0.4) is 0 Å². The predicted octanol–water partition coefficient (Wildman–Crippen LogP) is 5.41. The summed E-state index contributed by atoms with van der Waals surface area (Å²) in [6.07, 6.45) is 0.378. The van der Waals surface area contributed by atoms with Crippen LogP contribution in [0.4, 0.5) is 15.8 Å². The molecule has 1 amide bonds. The summed E-state index contributed by atoms with van der Waals surface area (Å²) in [5, 5.41) is 12.6. The molecule has 0 unspecified atom stereocenters. The van der Waals surface area contributed by atoms with Crippen molar-refractivity contribution in [2.75, 3.05) is 43.6 Å². The average Bonchev–Trinajstić information content (AvgIpc) is 2.95. The number of nitrogens with one attached hydrogen (secondary N) is 1. The van der Waals surface area contributed by atoms with Gasteiger partial charge in [-0.3, -0.25) is 9.59 Å². The molecule has 5 rings (SSSR count). The van der Waals surface area contributed by atoms with Crippen LogP contribution in [-0.4, -0.2) is 56.5 Å². The Kier molecular flexibility index (Phi) is 7.91. The number of carboxylic acids is 1. The number of fused-ring (bicyclic) bond motifs is 1. The lowest BCUT2D eigenvalue weighted by Gasteiger charge is -2.34. The topological polar surface area (TPSA) is 97.3 Å². The van der Waals surface area contributed by atoms with Crippen molar-refractivity contribution in [2.24, 2.45) is 0 Å². The Morgan fingerprint density at radius 2 is 1.83 bits per heavy atom. The lowest BCUT2D eigenvalue weighted by Crippen LogP contribution is -2.41. The Hall–Kier alpha value is -4.11. The highest BCUT2D eigenvalue weighted by Gasteiger charge is 2.42. The van der Waals surface area contributed by atoms with Crippen molar-refractivity contribution in [2.45, 2.75) is 45.1 Å². The van der Waals surface area contributed by atoms with E-state index in [4.69, 9.17) is 14.2 Å².